The number of carbonyl (C=O) groups is 2. The van der Waals surface area contributed by atoms with Crippen LogP contribution in [0.15, 0.2) is 42.5 Å². The number of methoxy groups -OCH3 is 1. The Morgan fingerprint density at radius 2 is 1.75 bits per heavy atom. The molecule has 6 nitrogen and oxygen atoms in total. The molecule has 28 heavy (non-hydrogen) atoms. The number of carbonyl (C=O) groups excluding carboxylic acids is 2. The summed E-state index contributed by atoms with van der Waals surface area (Å²) >= 11 is 6.19. The lowest BCUT2D eigenvalue weighted by Gasteiger charge is -2.18. The van der Waals surface area contributed by atoms with Gasteiger partial charge in [0.15, 0.2) is 0 Å². The van der Waals surface area contributed by atoms with E-state index in [1.54, 1.807) is 37.4 Å². The van der Waals surface area contributed by atoms with Crippen molar-refractivity contribution in [1.29, 1.82) is 0 Å². The van der Waals surface area contributed by atoms with E-state index in [-0.39, 0.29) is 11.8 Å². The third kappa shape index (κ3) is 5.97. The minimum atomic E-state index is -0.288. The van der Waals surface area contributed by atoms with E-state index in [0.29, 0.717) is 35.0 Å². The van der Waals surface area contributed by atoms with Gasteiger partial charge in [-0.1, -0.05) is 18.5 Å². The third-order valence-corrected chi connectivity index (χ3v) is 4.53. The SMILES string of the molecule is CCCN(C)c1ccc(C(=O)Nc2cc(C(=O)NCCOC)ccc2Cl)cc1. The van der Waals surface area contributed by atoms with Crippen LogP contribution in [0.5, 0.6) is 0 Å². The van der Waals surface area contributed by atoms with E-state index in [4.69, 9.17) is 16.3 Å². The molecule has 0 heterocycles. The number of hydrogen-bond acceptors (Lipinski definition) is 4. The quantitative estimate of drug-likeness (QED) is 0.624. The van der Waals surface area contributed by atoms with E-state index < -0.39 is 0 Å². The topological polar surface area (TPSA) is 70.7 Å². The summed E-state index contributed by atoms with van der Waals surface area (Å²) in [5.74, 6) is -0.545. The van der Waals surface area contributed by atoms with Gasteiger partial charge in [0.1, 0.15) is 0 Å². The van der Waals surface area contributed by atoms with Crippen molar-refractivity contribution >= 4 is 34.8 Å². The highest BCUT2D eigenvalue weighted by Gasteiger charge is 2.12. The molecule has 2 N–H and O–H groups in total. The Labute approximate surface area is 170 Å². The van der Waals surface area contributed by atoms with Crippen molar-refractivity contribution in [3.05, 3.63) is 58.6 Å². The molecule has 0 saturated heterocycles. The summed E-state index contributed by atoms with van der Waals surface area (Å²) < 4.78 is 4.91. The van der Waals surface area contributed by atoms with Gasteiger partial charge in [0.2, 0.25) is 0 Å². The van der Waals surface area contributed by atoms with Gasteiger partial charge >= 0.3 is 0 Å². The zero-order chi connectivity index (χ0) is 20.5. The van der Waals surface area contributed by atoms with E-state index in [2.05, 4.69) is 22.5 Å². The standard InChI is InChI=1S/C21H26ClN3O3/c1-4-12-25(2)17-8-5-15(6-9-17)21(27)24-19-14-16(7-10-18(19)22)20(26)23-11-13-28-3/h5-10,14H,4,11-13H2,1-3H3,(H,23,26)(H,24,27). The first kappa shape index (κ1) is 21.7. The fourth-order valence-corrected chi connectivity index (χ4v) is 2.82. The summed E-state index contributed by atoms with van der Waals surface area (Å²) in [6, 6.07) is 12.1. The normalized spacial score (nSPS) is 10.4. The molecule has 0 bridgehead atoms. The summed E-state index contributed by atoms with van der Waals surface area (Å²) in [5, 5.41) is 5.87. The highest BCUT2D eigenvalue weighted by molar-refractivity contribution is 6.34. The molecular formula is C21H26ClN3O3. The Balaban J connectivity index is 2.08. The first-order valence-corrected chi connectivity index (χ1v) is 9.53. The average molecular weight is 404 g/mol. The highest BCUT2D eigenvalue weighted by Crippen LogP contribution is 2.24. The maximum atomic E-state index is 12.6. The average Bonchev–Trinajstić information content (AvgIpc) is 2.70. The first-order valence-electron chi connectivity index (χ1n) is 9.15. The molecule has 0 aliphatic heterocycles. The molecule has 0 unspecified atom stereocenters. The van der Waals surface area contributed by atoms with Crippen molar-refractivity contribution < 1.29 is 14.3 Å². The van der Waals surface area contributed by atoms with Crippen LogP contribution >= 0.6 is 11.6 Å². The third-order valence-electron chi connectivity index (χ3n) is 4.20. The molecule has 0 saturated carbocycles. The van der Waals surface area contributed by atoms with Crippen LogP contribution in [0.3, 0.4) is 0 Å². The molecule has 0 fully saturated rings. The van der Waals surface area contributed by atoms with Crippen LogP contribution in [0.2, 0.25) is 5.02 Å². The van der Waals surface area contributed by atoms with Crippen LogP contribution in [0.1, 0.15) is 34.1 Å². The maximum absolute atomic E-state index is 12.6. The van der Waals surface area contributed by atoms with Gasteiger partial charge in [0.05, 0.1) is 17.3 Å². The van der Waals surface area contributed by atoms with Crippen LogP contribution < -0.4 is 15.5 Å². The van der Waals surface area contributed by atoms with E-state index >= 15 is 0 Å². The molecule has 0 aliphatic rings. The molecule has 150 valence electrons. The van der Waals surface area contributed by atoms with Crippen molar-refractivity contribution in [3.63, 3.8) is 0 Å². The van der Waals surface area contributed by atoms with Crippen molar-refractivity contribution in [2.75, 3.05) is 44.1 Å². The number of amides is 2. The predicted molar refractivity (Wildman–Crippen MR) is 114 cm³/mol. The number of benzene rings is 2. The number of halogens is 1. The summed E-state index contributed by atoms with van der Waals surface area (Å²) in [4.78, 5) is 26.9. The zero-order valence-electron chi connectivity index (χ0n) is 16.4. The Morgan fingerprint density at radius 3 is 2.39 bits per heavy atom. The van der Waals surface area contributed by atoms with Crippen LogP contribution in [0, 0.1) is 0 Å². The van der Waals surface area contributed by atoms with Crippen LogP contribution in [-0.2, 0) is 4.74 Å². The molecule has 2 rings (SSSR count). The molecule has 0 radical (unpaired) electrons. The molecule has 2 aromatic carbocycles. The monoisotopic (exact) mass is 403 g/mol. The summed E-state index contributed by atoms with van der Waals surface area (Å²) in [7, 11) is 3.58. The Morgan fingerprint density at radius 1 is 1.07 bits per heavy atom. The van der Waals surface area contributed by atoms with E-state index in [0.717, 1.165) is 18.7 Å². The molecule has 0 aliphatic carbocycles. The Hall–Kier alpha value is -2.57. The number of nitrogens with zero attached hydrogens (tertiary/aromatic N) is 1. The van der Waals surface area contributed by atoms with Gasteiger partial charge in [-0.2, -0.15) is 0 Å². The highest BCUT2D eigenvalue weighted by atomic mass is 35.5. The van der Waals surface area contributed by atoms with Gasteiger partial charge in [0.25, 0.3) is 11.8 Å². The fourth-order valence-electron chi connectivity index (χ4n) is 2.66. The van der Waals surface area contributed by atoms with Crippen LogP contribution in [0.4, 0.5) is 11.4 Å². The lowest BCUT2D eigenvalue weighted by molar-refractivity contribution is 0.0936. The number of anilines is 2. The number of ether oxygens (including phenoxy) is 1. The summed E-state index contributed by atoms with van der Waals surface area (Å²) in [6.45, 7) is 3.89. The molecule has 7 heteroatoms. The van der Waals surface area contributed by atoms with Crippen LogP contribution in [-0.4, -0.2) is 45.7 Å². The second-order valence-corrected chi connectivity index (χ2v) is 6.77. The van der Waals surface area contributed by atoms with Crippen molar-refractivity contribution in [2.24, 2.45) is 0 Å². The van der Waals surface area contributed by atoms with Gasteiger partial charge in [-0.05, 0) is 48.9 Å². The summed E-state index contributed by atoms with van der Waals surface area (Å²) in [6.07, 6.45) is 1.05. The Bertz CT molecular complexity index is 809. The summed E-state index contributed by atoms with van der Waals surface area (Å²) in [5.41, 5.74) is 2.36. The number of hydrogen-bond donors (Lipinski definition) is 2. The molecular weight excluding hydrogens is 378 g/mol. The van der Waals surface area contributed by atoms with E-state index in [1.807, 2.05) is 19.2 Å². The predicted octanol–water partition coefficient (Wildman–Crippen LogP) is 3.81. The number of nitrogens with one attached hydrogen (secondary N) is 2. The fraction of sp³-hybridized carbons (Fsp3) is 0.333. The maximum Gasteiger partial charge on any atom is 0.255 e. The van der Waals surface area contributed by atoms with Gasteiger partial charge < -0.3 is 20.3 Å². The minimum absolute atomic E-state index is 0.257. The first-order chi connectivity index (χ1) is 13.5. The van der Waals surface area contributed by atoms with Gasteiger partial charge in [0, 0.05) is 44.1 Å². The van der Waals surface area contributed by atoms with Gasteiger partial charge in [-0.15, -0.1) is 0 Å². The molecule has 0 atom stereocenters. The molecule has 0 spiro atoms. The number of rotatable bonds is 9. The smallest absolute Gasteiger partial charge is 0.255 e. The van der Waals surface area contributed by atoms with Crippen molar-refractivity contribution in [2.45, 2.75) is 13.3 Å². The second kappa shape index (κ2) is 10.7. The van der Waals surface area contributed by atoms with Crippen molar-refractivity contribution in [1.82, 2.24) is 5.32 Å². The van der Waals surface area contributed by atoms with E-state index in [9.17, 15) is 9.59 Å². The van der Waals surface area contributed by atoms with Gasteiger partial charge in [-0.3, -0.25) is 9.59 Å². The minimum Gasteiger partial charge on any atom is -0.383 e. The lowest BCUT2D eigenvalue weighted by Crippen LogP contribution is -2.27. The van der Waals surface area contributed by atoms with Crippen LogP contribution in [0.25, 0.3) is 0 Å². The van der Waals surface area contributed by atoms with Crippen molar-refractivity contribution in [3.8, 4) is 0 Å². The second-order valence-electron chi connectivity index (χ2n) is 6.37. The van der Waals surface area contributed by atoms with E-state index in [1.165, 1.54) is 0 Å². The zero-order valence-corrected chi connectivity index (χ0v) is 17.2. The van der Waals surface area contributed by atoms with Gasteiger partial charge in [-0.25, -0.2) is 0 Å². The molecule has 2 amide bonds. The Kier molecular flexibility index (Phi) is 8.29. The lowest BCUT2D eigenvalue weighted by atomic mass is 10.1. The largest absolute Gasteiger partial charge is 0.383 e. The molecule has 2 aromatic rings. The molecule has 0 aromatic heterocycles.